The van der Waals surface area contributed by atoms with Gasteiger partial charge in [-0.2, -0.15) is 0 Å². The number of hydrogen-bond acceptors (Lipinski definition) is 3. The van der Waals surface area contributed by atoms with Gasteiger partial charge in [0.15, 0.2) is 0 Å². The molecule has 134 valence electrons. The highest BCUT2D eigenvalue weighted by Crippen LogP contribution is 2.26. The minimum Gasteiger partial charge on any atom is -0.454 e. The van der Waals surface area contributed by atoms with E-state index in [1.54, 1.807) is 20.8 Å². The number of nitrogens with one attached hydrogen (secondary N) is 1. The number of rotatable bonds is 5. The Bertz CT molecular complexity index is 919. The van der Waals surface area contributed by atoms with Crippen LogP contribution in [0.3, 0.4) is 0 Å². The molecule has 1 unspecified atom stereocenters. The second kappa shape index (κ2) is 7.16. The van der Waals surface area contributed by atoms with Gasteiger partial charge in [0.25, 0.3) is 0 Å². The zero-order valence-corrected chi connectivity index (χ0v) is 15.3. The van der Waals surface area contributed by atoms with Crippen LogP contribution >= 0.6 is 0 Å². The molecule has 0 amide bonds. The summed E-state index contributed by atoms with van der Waals surface area (Å²) in [7, 11) is 0. The smallest absolute Gasteiger partial charge is 0.375 e. The third-order valence-corrected chi connectivity index (χ3v) is 4.18. The number of hydrogen-bond donors (Lipinski definition) is 1. The summed E-state index contributed by atoms with van der Waals surface area (Å²) in [5.41, 5.74) is 2.12. The quantitative estimate of drug-likeness (QED) is 0.548. The summed E-state index contributed by atoms with van der Waals surface area (Å²) >= 11 is 0. The van der Waals surface area contributed by atoms with Crippen molar-refractivity contribution >= 4 is 22.7 Å². The lowest BCUT2D eigenvalue weighted by Gasteiger charge is -2.22. The van der Waals surface area contributed by atoms with Gasteiger partial charge in [-0.05, 0) is 61.9 Å². The molecule has 0 aliphatic rings. The predicted molar refractivity (Wildman–Crippen MR) is 102 cm³/mol. The zero-order valence-electron chi connectivity index (χ0n) is 15.3. The Kier molecular flexibility index (Phi) is 4.94. The molecule has 4 heteroatoms. The van der Waals surface area contributed by atoms with Crippen molar-refractivity contribution in [3.8, 4) is 0 Å². The first-order valence-corrected chi connectivity index (χ1v) is 8.72. The van der Waals surface area contributed by atoms with Crippen molar-refractivity contribution in [2.24, 2.45) is 0 Å². The van der Waals surface area contributed by atoms with Crippen LogP contribution in [0, 0.1) is 0 Å². The maximum atomic E-state index is 12.9. The maximum Gasteiger partial charge on any atom is 0.375 e. The summed E-state index contributed by atoms with van der Waals surface area (Å²) in [6.45, 7) is 5.28. The van der Waals surface area contributed by atoms with E-state index in [2.05, 4.69) is 4.98 Å². The molecule has 0 spiro atoms. The Morgan fingerprint density at radius 3 is 2.46 bits per heavy atom. The van der Waals surface area contributed by atoms with Gasteiger partial charge in [-0.1, -0.05) is 36.4 Å². The summed E-state index contributed by atoms with van der Waals surface area (Å²) in [5, 5.41) is 1.01. The van der Waals surface area contributed by atoms with E-state index in [-0.39, 0.29) is 0 Å². The number of aromatic amines is 1. The van der Waals surface area contributed by atoms with Crippen LogP contribution in [0.5, 0.6) is 0 Å². The molecule has 1 aromatic heterocycles. The summed E-state index contributed by atoms with van der Waals surface area (Å²) < 4.78 is 5.32. The van der Waals surface area contributed by atoms with E-state index < -0.39 is 23.3 Å². The SMILES string of the molecule is CC(C)(C)OC(=O)C(=O)C(Cc1ccccc1)c1ccc2[nH]ccc2c1. The van der Waals surface area contributed by atoms with Crippen LogP contribution in [-0.2, 0) is 20.7 Å². The van der Waals surface area contributed by atoms with E-state index in [4.69, 9.17) is 4.74 Å². The first-order chi connectivity index (χ1) is 12.3. The van der Waals surface area contributed by atoms with Crippen molar-refractivity contribution in [2.45, 2.75) is 38.7 Å². The molecule has 0 fully saturated rings. The number of esters is 1. The van der Waals surface area contributed by atoms with E-state index in [0.717, 1.165) is 22.0 Å². The van der Waals surface area contributed by atoms with Crippen LogP contribution in [-0.4, -0.2) is 22.3 Å². The summed E-state index contributed by atoms with van der Waals surface area (Å²) in [5.74, 6) is -1.88. The molecule has 0 radical (unpaired) electrons. The lowest BCUT2D eigenvalue weighted by Crippen LogP contribution is -2.32. The largest absolute Gasteiger partial charge is 0.454 e. The molecular weight excluding hydrogens is 326 g/mol. The van der Waals surface area contributed by atoms with Gasteiger partial charge in [0.2, 0.25) is 5.78 Å². The van der Waals surface area contributed by atoms with Crippen molar-refractivity contribution in [1.82, 2.24) is 4.98 Å². The summed E-state index contributed by atoms with van der Waals surface area (Å²) in [4.78, 5) is 28.5. The van der Waals surface area contributed by atoms with Crippen LogP contribution in [0.2, 0.25) is 0 Å². The first kappa shape index (κ1) is 17.9. The Morgan fingerprint density at radius 2 is 1.77 bits per heavy atom. The molecular formula is C22H23NO3. The fraction of sp³-hybridized carbons (Fsp3) is 0.273. The number of ether oxygens (including phenoxy) is 1. The molecule has 0 bridgehead atoms. The number of H-pyrrole nitrogens is 1. The molecule has 0 aliphatic carbocycles. The van der Waals surface area contributed by atoms with Gasteiger partial charge in [-0.25, -0.2) is 4.79 Å². The van der Waals surface area contributed by atoms with Crippen LogP contribution in [0.1, 0.15) is 37.8 Å². The van der Waals surface area contributed by atoms with Crippen molar-refractivity contribution in [3.63, 3.8) is 0 Å². The third-order valence-electron chi connectivity index (χ3n) is 4.18. The number of fused-ring (bicyclic) bond motifs is 1. The van der Waals surface area contributed by atoms with Gasteiger partial charge in [-0.15, -0.1) is 0 Å². The van der Waals surface area contributed by atoms with Crippen molar-refractivity contribution in [1.29, 1.82) is 0 Å². The van der Waals surface area contributed by atoms with Crippen LogP contribution in [0.25, 0.3) is 10.9 Å². The molecule has 0 aliphatic heterocycles. The van der Waals surface area contributed by atoms with Gasteiger partial charge in [0.05, 0.1) is 5.92 Å². The number of benzene rings is 2. The molecule has 4 nitrogen and oxygen atoms in total. The molecule has 1 atom stereocenters. The fourth-order valence-electron chi connectivity index (χ4n) is 2.97. The van der Waals surface area contributed by atoms with E-state index in [0.29, 0.717) is 6.42 Å². The minimum absolute atomic E-state index is 0.453. The third kappa shape index (κ3) is 4.20. The summed E-state index contributed by atoms with van der Waals surface area (Å²) in [6, 6.07) is 17.5. The van der Waals surface area contributed by atoms with Crippen molar-refractivity contribution in [3.05, 3.63) is 71.9 Å². The lowest BCUT2D eigenvalue weighted by molar-refractivity contribution is -0.163. The van der Waals surface area contributed by atoms with E-state index in [1.165, 1.54) is 0 Å². The van der Waals surface area contributed by atoms with Gasteiger partial charge in [-0.3, -0.25) is 4.79 Å². The number of ketones is 1. The highest BCUT2D eigenvalue weighted by molar-refractivity contribution is 6.36. The Labute approximate surface area is 153 Å². The summed E-state index contributed by atoms with van der Waals surface area (Å²) in [6.07, 6.45) is 2.31. The van der Waals surface area contributed by atoms with Crippen LogP contribution < -0.4 is 0 Å². The monoisotopic (exact) mass is 349 g/mol. The van der Waals surface area contributed by atoms with Crippen molar-refractivity contribution in [2.75, 3.05) is 0 Å². The highest BCUT2D eigenvalue weighted by Gasteiger charge is 2.31. The molecule has 1 heterocycles. The van der Waals surface area contributed by atoms with Gasteiger partial charge < -0.3 is 9.72 Å². The second-order valence-electron chi connectivity index (χ2n) is 7.43. The first-order valence-electron chi connectivity index (χ1n) is 8.72. The van der Waals surface area contributed by atoms with E-state index in [9.17, 15) is 9.59 Å². The minimum atomic E-state index is -0.785. The normalized spacial score (nSPS) is 12.7. The Balaban J connectivity index is 1.95. The fourth-order valence-corrected chi connectivity index (χ4v) is 2.97. The van der Waals surface area contributed by atoms with E-state index in [1.807, 2.05) is 60.8 Å². The second-order valence-corrected chi connectivity index (χ2v) is 7.43. The van der Waals surface area contributed by atoms with Crippen LogP contribution in [0.15, 0.2) is 60.8 Å². The average Bonchev–Trinajstić information content (AvgIpc) is 3.06. The standard InChI is InChI=1S/C22H23NO3/c1-22(2,3)26-21(25)20(24)18(13-15-7-5-4-6-8-15)16-9-10-19-17(14-16)11-12-23-19/h4-12,14,18,23H,13H2,1-3H3. The predicted octanol–water partition coefficient (Wildman–Crippen LogP) is 4.41. The molecule has 26 heavy (non-hydrogen) atoms. The van der Waals surface area contributed by atoms with E-state index >= 15 is 0 Å². The van der Waals surface area contributed by atoms with Gasteiger partial charge in [0.1, 0.15) is 5.60 Å². The van der Waals surface area contributed by atoms with Gasteiger partial charge >= 0.3 is 5.97 Å². The topological polar surface area (TPSA) is 59.2 Å². The molecule has 0 saturated heterocycles. The van der Waals surface area contributed by atoms with Crippen molar-refractivity contribution < 1.29 is 14.3 Å². The number of carbonyl (C=O) groups excluding carboxylic acids is 2. The average molecular weight is 349 g/mol. The van der Waals surface area contributed by atoms with Crippen LogP contribution in [0.4, 0.5) is 0 Å². The number of Topliss-reactive ketones (excluding diaryl/α,β-unsaturated/α-hetero) is 1. The molecule has 1 N–H and O–H groups in total. The Hall–Kier alpha value is -2.88. The molecule has 0 saturated carbocycles. The maximum absolute atomic E-state index is 12.9. The van der Waals surface area contributed by atoms with Gasteiger partial charge in [0, 0.05) is 11.7 Å². The Morgan fingerprint density at radius 1 is 1.04 bits per heavy atom. The molecule has 3 rings (SSSR count). The number of carbonyl (C=O) groups is 2. The molecule has 2 aromatic carbocycles. The lowest BCUT2D eigenvalue weighted by atomic mass is 9.87. The highest BCUT2D eigenvalue weighted by atomic mass is 16.6. The zero-order chi connectivity index (χ0) is 18.7. The molecule has 3 aromatic rings. The number of aromatic nitrogens is 1.